The Morgan fingerprint density at radius 1 is 1.36 bits per heavy atom. The smallest absolute Gasteiger partial charge is 0.146 e. The van der Waals surface area contributed by atoms with Gasteiger partial charge in [0.1, 0.15) is 5.78 Å². The Hall–Kier alpha value is -0.150. The number of ketones is 1. The predicted octanol–water partition coefficient (Wildman–Crippen LogP) is 3.73. The molecule has 0 spiro atoms. The van der Waals surface area contributed by atoms with Crippen molar-refractivity contribution in [3.8, 4) is 0 Å². The van der Waals surface area contributed by atoms with Gasteiger partial charge in [-0.15, -0.1) is 0 Å². The minimum atomic E-state index is -0.0475. The van der Waals surface area contributed by atoms with Gasteiger partial charge in [0, 0.05) is 10.9 Å². The zero-order valence-electron chi connectivity index (χ0n) is 7.97. The predicted molar refractivity (Wildman–Crippen MR) is 65.9 cm³/mol. The first-order valence-electron chi connectivity index (χ1n) is 4.54. The van der Waals surface area contributed by atoms with E-state index < -0.39 is 0 Å². The van der Waals surface area contributed by atoms with E-state index in [1.807, 2.05) is 31.2 Å². The van der Waals surface area contributed by atoms with Crippen LogP contribution in [-0.4, -0.2) is 10.6 Å². The average molecular weight is 320 g/mol. The molecule has 0 saturated heterocycles. The first kappa shape index (κ1) is 11.9. The van der Waals surface area contributed by atoms with Gasteiger partial charge in [-0.05, 0) is 24.1 Å². The molecule has 1 rings (SSSR count). The summed E-state index contributed by atoms with van der Waals surface area (Å²) in [5.41, 5.74) is 1.18. The molecule has 1 atom stereocenters. The normalized spacial score (nSPS) is 12.5. The number of hydrogen-bond acceptors (Lipinski definition) is 1. The zero-order valence-corrected chi connectivity index (χ0v) is 11.1. The summed E-state index contributed by atoms with van der Waals surface area (Å²) in [7, 11) is 0. The summed E-state index contributed by atoms with van der Waals surface area (Å²) < 4.78 is 1.06. The highest BCUT2D eigenvalue weighted by atomic mass is 79.9. The highest BCUT2D eigenvalue weighted by Gasteiger charge is 2.12. The number of carbonyl (C=O) groups excluding carboxylic acids is 1. The largest absolute Gasteiger partial charge is 0.298 e. The maximum atomic E-state index is 11.3. The lowest BCUT2D eigenvalue weighted by molar-refractivity contribution is -0.118. The second-order valence-electron chi connectivity index (χ2n) is 3.12. The fourth-order valence-electron chi connectivity index (χ4n) is 1.16. The second-order valence-corrected chi connectivity index (χ2v) is 5.14. The van der Waals surface area contributed by atoms with Crippen LogP contribution in [0.2, 0.25) is 0 Å². The van der Waals surface area contributed by atoms with Gasteiger partial charge < -0.3 is 0 Å². The summed E-state index contributed by atoms with van der Waals surface area (Å²) in [4.78, 5) is 11.3. The molecule has 0 bridgehead atoms. The lowest BCUT2D eigenvalue weighted by Gasteiger charge is -2.07. The van der Waals surface area contributed by atoms with Crippen molar-refractivity contribution in [1.29, 1.82) is 0 Å². The van der Waals surface area contributed by atoms with Crippen LogP contribution in [0.4, 0.5) is 0 Å². The monoisotopic (exact) mass is 318 g/mol. The van der Waals surface area contributed by atoms with Crippen LogP contribution >= 0.6 is 31.9 Å². The summed E-state index contributed by atoms with van der Waals surface area (Å²) >= 11 is 6.77. The third kappa shape index (κ3) is 3.54. The summed E-state index contributed by atoms with van der Waals surface area (Å²) in [6.07, 6.45) is 1.35. The van der Waals surface area contributed by atoms with Gasteiger partial charge in [0.2, 0.25) is 0 Å². The molecule has 0 amide bonds. The van der Waals surface area contributed by atoms with Gasteiger partial charge in [-0.3, -0.25) is 4.79 Å². The van der Waals surface area contributed by atoms with Gasteiger partial charge in [0.15, 0.2) is 0 Å². The molecule has 1 aromatic rings. The Bertz CT molecular complexity index is 306. The standard InChI is InChI=1S/C11H12Br2O/c1-2-11(14)10(13)7-8-3-5-9(12)6-4-8/h3-6,10H,2,7H2,1H3. The van der Waals surface area contributed by atoms with Crippen molar-refractivity contribution in [3.05, 3.63) is 34.3 Å². The van der Waals surface area contributed by atoms with Crippen molar-refractivity contribution < 1.29 is 4.79 Å². The topological polar surface area (TPSA) is 17.1 Å². The Morgan fingerprint density at radius 3 is 2.43 bits per heavy atom. The van der Waals surface area contributed by atoms with E-state index >= 15 is 0 Å². The SMILES string of the molecule is CCC(=O)C(Br)Cc1ccc(Br)cc1. The van der Waals surface area contributed by atoms with Crippen molar-refractivity contribution in [1.82, 2.24) is 0 Å². The number of carbonyl (C=O) groups is 1. The molecule has 1 unspecified atom stereocenters. The van der Waals surface area contributed by atoms with Crippen molar-refractivity contribution >= 4 is 37.6 Å². The number of alkyl halides is 1. The van der Waals surface area contributed by atoms with Crippen molar-refractivity contribution in [2.75, 3.05) is 0 Å². The van der Waals surface area contributed by atoms with E-state index in [2.05, 4.69) is 31.9 Å². The van der Waals surface area contributed by atoms with Gasteiger partial charge in [-0.2, -0.15) is 0 Å². The molecule has 0 aliphatic carbocycles. The molecule has 0 radical (unpaired) electrons. The summed E-state index contributed by atoms with van der Waals surface area (Å²) in [5.74, 6) is 0.257. The first-order valence-corrected chi connectivity index (χ1v) is 6.25. The Labute approximate surface area is 101 Å². The van der Waals surface area contributed by atoms with E-state index in [1.54, 1.807) is 0 Å². The Balaban J connectivity index is 2.60. The number of benzene rings is 1. The molecule has 0 aliphatic heterocycles. The average Bonchev–Trinajstić information content (AvgIpc) is 2.20. The van der Waals surface area contributed by atoms with Crippen LogP contribution in [-0.2, 0) is 11.2 Å². The van der Waals surface area contributed by atoms with E-state index in [0.717, 1.165) is 10.9 Å². The Kier molecular flexibility index (Phi) is 4.82. The van der Waals surface area contributed by atoms with E-state index in [1.165, 1.54) is 5.56 Å². The molecule has 0 N–H and O–H groups in total. The number of Topliss-reactive ketones (excluding diaryl/α,β-unsaturated/α-hetero) is 1. The number of hydrogen-bond donors (Lipinski definition) is 0. The van der Waals surface area contributed by atoms with Gasteiger partial charge in [0.25, 0.3) is 0 Å². The molecule has 1 nitrogen and oxygen atoms in total. The number of halogens is 2. The molecule has 14 heavy (non-hydrogen) atoms. The molecular formula is C11H12Br2O. The molecular weight excluding hydrogens is 308 g/mol. The van der Waals surface area contributed by atoms with Crippen LogP contribution in [0.1, 0.15) is 18.9 Å². The highest BCUT2D eigenvalue weighted by molar-refractivity contribution is 9.10. The quantitative estimate of drug-likeness (QED) is 0.773. The minimum absolute atomic E-state index is 0.0475. The third-order valence-corrected chi connectivity index (χ3v) is 3.39. The van der Waals surface area contributed by atoms with E-state index in [9.17, 15) is 4.79 Å². The molecule has 1 aromatic carbocycles. The summed E-state index contributed by atoms with van der Waals surface area (Å²) in [6, 6.07) is 8.04. The van der Waals surface area contributed by atoms with Gasteiger partial charge in [-0.1, -0.05) is 50.9 Å². The van der Waals surface area contributed by atoms with Crippen LogP contribution in [0.5, 0.6) is 0 Å². The van der Waals surface area contributed by atoms with Crippen molar-refractivity contribution in [2.24, 2.45) is 0 Å². The third-order valence-electron chi connectivity index (χ3n) is 2.03. The van der Waals surface area contributed by atoms with Gasteiger partial charge in [-0.25, -0.2) is 0 Å². The van der Waals surface area contributed by atoms with Crippen molar-refractivity contribution in [3.63, 3.8) is 0 Å². The highest BCUT2D eigenvalue weighted by Crippen LogP contribution is 2.15. The van der Waals surface area contributed by atoms with Crippen LogP contribution in [0.15, 0.2) is 28.7 Å². The van der Waals surface area contributed by atoms with Crippen LogP contribution in [0.25, 0.3) is 0 Å². The zero-order chi connectivity index (χ0) is 10.6. The molecule has 76 valence electrons. The summed E-state index contributed by atoms with van der Waals surface area (Å²) in [5, 5.41) is 0. The molecule has 0 saturated carbocycles. The first-order chi connectivity index (χ1) is 6.63. The second kappa shape index (κ2) is 5.66. The number of rotatable bonds is 4. The van der Waals surface area contributed by atoms with Crippen LogP contribution in [0, 0.1) is 0 Å². The molecule has 0 heterocycles. The fourth-order valence-corrected chi connectivity index (χ4v) is 2.12. The van der Waals surface area contributed by atoms with Crippen LogP contribution < -0.4 is 0 Å². The lowest BCUT2D eigenvalue weighted by atomic mass is 10.1. The van der Waals surface area contributed by atoms with Gasteiger partial charge in [0.05, 0.1) is 4.83 Å². The van der Waals surface area contributed by atoms with E-state index in [0.29, 0.717) is 6.42 Å². The maximum Gasteiger partial charge on any atom is 0.146 e. The van der Waals surface area contributed by atoms with E-state index in [-0.39, 0.29) is 10.6 Å². The molecule has 3 heteroatoms. The minimum Gasteiger partial charge on any atom is -0.298 e. The molecule has 0 aromatic heterocycles. The summed E-state index contributed by atoms with van der Waals surface area (Å²) in [6.45, 7) is 1.89. The fraction of sp³-hybridized carbons (Fsp3) is 0.364. The van der Waals surface area contributed by atoms with E-state index in [4.69, 9.17) is 0 Å². The van der Waals surface area contributed by atoms with Gasteiger partial charge >= 0.3 is 0 Å². The Morgan fingerprint density at radius 2 is 1.93 bits per heavy atom. The lowest BCUT2D eigenvalue weighted by Crippen LogP contribution is -2.15. The molecule has 0 fully saturated rings. The molecule has 0 aliphatic rings. The maximum absolute atomic E-state index is 11.3. The van der Waals surface area contributed by atoms with Crippen molar-refractivity contribution in [2.45, 2.75) is 24.6 Å². The van der Waals surface area contributed by atoms with Crippen LogP contribution in [0.3, 0.4) is 0 Å².